The Morgan fingerprint density at radius 1 is 0.931 bits per heavy atom. The molecule has 1 heterocycles. The highest BCUT2D eigenvalue weighted by Gasteiger charge is 2.24. The molecular formula is C24H30N2O3. The molecule has 5 heteroatoms. The standard InChI is InChI=1S/C24H30N2O3/c1-16-5-7-20(13-18(16)3)24(28)26-11-9-21(10-12-26)25-23(27)15-29-22-8-6-17(2)19(4)14-22/h5-8,13-14,21H,9-12,15H2,1-4H3,(H,25,27). The van der Waals surface area contributed by atoms with Crippen molar-refractivity contribution in [1.29, 1.82) is 0 Å². The van der Waals surface area contributed by atoms with E-state index in [4.69, 9.17) is 4.74 Å². The van der Waals surface area contributed by atoms with Crippen molar-refractivity contribution >= 4 is 11.8 Å². The van der Waals surface area contributed by atoms with Gasteiger partial charge in [-0.1, -0.05) is 12.1 Å². The van der Waals surface area contributed by atoms with Crippen LogP contribution in [0.1, 0.15) is 45.5 Å². The number of nitrogens with one attached hydrogen (secondary N) is 1. The predicted molar refractivity (Wildman–Crippen MR) is 114 cm³/mol. The molecule has 0 bridgehead atoms. The van der Waals surface area contributed by atoms with Crippen LogP contribution in [0.15, 0.2) is 36.4 Å². The molecule has 5 nitrogen and oxygen atoms in total. The van der Waals surface area contributed by atoms with Crippen LogP contribution in [0, 0.1) is 27.7 Å². The number of carbonyl (C=O) groups excluding carboxylic acids is 2. The number of rotatable bonds is 5. The van der Waals surface area contributed by atoms with Crippen molar-refractivity contribution < 1.29 is 14.3 Å². The number of hydrogen-bond donors (Lipinski definition) is 1. The molecule has 3 rings (SSSR count). The van der Waals surface area contributed by atoms with E-state index >= 15 is 0 Å². The van der Waals surface area contributed by atoms with Gasteiger partial charge in [-0.3, -0.25) is 9.59 Å². The minimum atomic E-state index is -0.123. The second-order valence-corrected chi connectivity index (χ2v) is 7.97. The summed E-state index contributed by atoms with van der Waals surface area (Å²) in [5.41, 5.74) is 5.39. The van der Waals surface area contributed by atoms with E-state index in [1.807, 2.05) is 69.0 Å². The van der Waals surface area contributed by atoms with Crippen LogP contribution in [0.2, 0.25) is 0 Å². The average Bonchev–Trinajstić information content (AvgIpc) is 2.71. The van der Waals surface area contributed by atoms with E-state index < -0.39 is 0 Å². The smallest absolute Gasteiger partial charge is 0.258 e. The van der Waals surface area contributed by atoms with Gasteiger partial charge in [-0.25, -0.2) is 0 Å². The van der Waals surface area contributed by atoms with Crippen LogP contribution in [0.4, 0.5) is 0 Å². The highest BCUT2D eigenvalue weighted by atomic mass is 16.5. The molecule has 1 N–H and O–H groups in total. The molecule has 0 unspecified atom stereocenters. The maximum absolute atomic E-state index is 12.7. The van der Waals surface area contributed by atoms with E-state index in [9.17, 15) is 9.59 Å². The molecule has 0 aromatic heterocycles. The lowest BCUT2D eigenvalue weighted by atomic mass is 10.0. The summed E-state index contributed by atoms with van der Waals surface area (Å²) in [7, 11) is 0. The van der Waals surface area contributed by atoms with Crippen LogP contribution in [0.25, 0.3) is 0 Å². The molecule has 0 spiro atoms. The summed E-state index contributed by atoms with van der Waals surface area (Å²) in [5, 5.41) is 3.03. The van der Waals surface area contributed by atoms with Gasteiger partial charge in [0.15, 0.2) is 6.61 Å². The number of likely N-dealkylation sites (tertiary alicyclic amines) is 1. The van der Waals surface area contributed by atoms with Crippen molar-refractivity contribution in [2.24, 2.45) is 0 Å². The molecule has 1 aliphatic rings. The maximum Gasteiger partial charge on any atom is 0.258 e. The van der Waals surface area contributed by atoms with Gasteiger partial charge >= 0.3 is 0 Å². The zero-order valence-corrected chi connectivity index (χ0v) is 17.7. The number of ether oxygens (including phenoxy) is 1. The normalized spacial score (nSPS) is 14.6. The van der Waals surface area contributed by atoms with Crippen LogP contribution in [-0.2, 0) is 4.79 Å². The first kappa shape index (κ1) is 20.9. The summed E-state index contributed by atoms with van der Waals surface area (Å²) < 4.78 is 5.61. The Hall–Kier alpha value is -2.82. The van der Waals surface area contributed by atoms with E-state index in [1.54, 1.807) is 0 Å². The number of hydrogen-bond acceptors (Lipinski definition) is 3. The lowest BCUT2D eigenvalue weighted by molar-refractivity contribution is -0.124. The van der Waals surface area contributed by atoms with Gasteiger partial charge in [0.2, 0.25) is 0 Å². The van der Waals surface area contributed by atoms with Gasteiger partial charge in [-0.15, -0.1) is 0 Å². The predicted octanol–water partition coefficient (Wildman–Crippen LogP) is 3.72. The third kappa shape index (κ3) is 5.37. The van der Waals surface area contributed by atoms with Crippen LogP contribution >= 0.6 is 0 Å². The molecule has 0 aliphatic carbocycles. The Labute approximate surface area is 173 Å². The molecule has 1 fully saturated rings. The zero-order chi connectivity index (χ0) is 21.0. The van der Waals surface area contributed by atoms with Gasteiger partial charge in [0.05, 0.1) is 0 Å². The molecule has 0 radical (unpaired) electrons. The average molecular weight is 395 g/mol. The molecular weight excluding hydrogens is 364 g/mol. The van der Waals surface area contributed by atoms with Gasteiger partial charge in [-0.2, -0.15) is 0 Å². The quantitative estimate of drug-likeness (QED) is 0.841. The van der Waals surface area contributed by atoms with Crippen LogP contribution in [0.5, 0.6) is 5.75 Å². The summed E-state index contributed by atoms with van der Waals surface area (Å²) in [4.78, 5) is 26.8. The monoisotopic (exact) mass is 394 g/mol. The maximum atomic E-state index is 12.7. The van der Waals surface area contributed by atoms with E-state index in [0.29, 0.717) is 18.8 Å². The van der Waals surface area contributed by atoms with Crippen LogP contribution in [0.3, 0.4) is 0 Å². The van der Waals surface area contributed by atoms with E-state index in [2.05, 4.69) is 5.32 Å². The fourth-order valence-corrected chi connectivity index (χ4v) is 3.51. The summed E-state index contributed by atoms with van der Waals surface area (Å²) in [6, 6.07) is 11.7. The molecule has 2 amide bonds. The molecule has 0 atom stereocenters. The number of carbonyl (C=O) groups is 2. The van der Waals surface area contributed by atoms with Crippen molar-refractivity contribution in [3.05, 3.63) is 64.2 Å². The Morgan fingerprint density at radius 2 is 1.55 bits per heavy atom. The molecule has 29 heavy (non-hydrogen) atoms. The van der Waals surface area contributed by atoms with Crippen molar-refractivity contribution in [2.45, 2.75) is 46.6 Å². The lowest BCUT2D eigenvalue weighted by Crippen LogP contribution is -2.47. The van der Waals surface area contributed by atoms with Gasteiger partial charge in [0.1, 0.15) is 5.75 Å². The third-order valence-corrected chi connectivity index (χ3v) is 5.75. The Balaban J connectivity index is 1.45. The Bertz CT molecular complexity index is 899. The summed E-state index contributed by atoms with van der Waals surface area (Å²) >= 11 is 0. The topological polar surface area (TPSA) is 58.6 Å². The molecule has 1 saturated heterocycles. The van der Waals surface area contributed by atoms with Gasteiger partial charge in [0, 0.05) is 24.7 Å². The van der Waals surface area contributed by atoms with Crippen molar-refractivity contribution in [2.75, 3.05) is 19.7 Å². The number of piperidine rings is 1. The second kappa shape index (κ2) is 9.12. The number of amides is 2. The summed E-state index contributed by atoms with van der Waals surface area (Å²) in [6.07, 6.45) is 1.51. The van der Waals surface area contributed by atoms with Crippen molar-refractivity contribution in [1.82, 2.24) is 10.2 Å². The van der Waals surface area contributed by atoms with Crippen LogP contribution < -0.4 is 10.1 Å². The highest BCUT2D eigenvalue weighted by Crippen LogP contribution is 2.18. The Kier molecular flexibility index (Phi) is 6.57. The zero-order valence-electron chi connectivity index (χ0n) is 17.7. The summed E-state index contributed by atoms with van der Waals surface area (Å²) in [5.74, 6) is 0.648. The molecule has 1 aliphatic heterocycles. The first-order chi connectivity index (χ1) is 13.8. The van der Waals surface area contributed by atoms with Crippen molar-refractivity contribution in [3.8, 4) is 5.75 Å². The second-order valence-electron chi connectivity index (χ2n) is 7.97. The number of aryl methyl sites for hydroxylation is 4. The molecule has 2 aromatic rings. The number of nitrogens with zero attached hydrogens (tertiary/aromatic N) is 1. The third-order valence-electron chi connectivity index (χ3n) is 5.75. The SMILES string of the molecule is Cc1ccc(OCC(=O)NC2CCN(C(=O)c3ccc(C)c(C)c3)CC2)cc1C. The first-order valence-electron chi connectivity index (χ1n) is 10.2. The van der Waals surface area contributed by atoms with Gasteiger partial charge in [0.25, 0.3) is 11.8 Å². The fourth-order valence-electron chi connectivity index (χ4n) is 3.51. The fraction of sp³-hybridized carbons (Fsp3) is 0.417. The van der Waals surface area contributed by atoms with Gasteiger partial charge in [-0.05, 0) is 87.1 Å². The Morgan fingerprint density at radius 3 is 2.17 bits per heavy atom. The van der Waals surface area contributed by atoms with E-state index in [0.717, 1.165) is 29.5 Å². The highest BCUT2D eigenvalue weighted by molar-refractivity contribution is 5.94. The minimum Gasteiger partial charge on any atom is -0.484 e. The minimum absolute atomic E-state index is 0.00426. The van der Waals surface area contributed by atoms with E-state index in [-0.39, 0.29) is 24.5 Å². The largest absolute Gasteiger partial charge is 0.484 e. The van der Waals surface area contributed by atoms with Gasteiger partial charge < -0.3 is 15.0 Å². The van der Waals surface area contributed by atoms with Crippen molar-refractivity contribution in [3.63, 3.8) is 0 Å². The summed E-state index contributed by atoms with van der Waals surface area (Å²) in [6.45, 7) is 9.43. The number of benzene rings is 2. The molecule has 0 saturated carbocycles. The van der Waals surface area contributed by atoms with Crippen LogP contribution in [-0.4, -0.2) is 42.5 Å². The lowest BCUT2D eigenvalue weighted by Gasteiger charge is -2.32. The first-order valence-corrected chi connectivity index (χ1v) is 10.2. The molecule has 2 aromatic carbocycles. The van der Waals surface area contributed by atoms with E-state index in [1.165, 1.54) is 11.1 Å². The molecule has 154 valence electrons.